The Hall–Kier alpha value is -4.96. The molecule has 10 heteroatoms. The number of carbonyl (C=O) groups is 4. The van der Waals surface area contributed by atoms with Gasteiger partial charge in [0, 0.05) is 6.08 Å². The molecule has 0 aliphatic carbocycles. The van der Waals surface area contributed by atoms with Crippen LogP contribution in [0, 0.1) is 0 Å². The summed E-state index contributed by atoms with van der Waals surface area (Å²) in [4.78, 5) is 48.3. The van der Waals surface area contributed by atoms with Crippen molar-refractivity contribution in [2.45, 2.75) is 38.2 Å². The fourth-order valence-corrected chi connectivity index (χ4v) is 3.92. The van der Waals surface area contributed by atoms with Crippen LogP contribution in [0.15, 0.2) is 85.5 Å². The van der Waals surface area contributed by atoms with Crippen LogP contribution in [0.5, 0.6) is 17.2 Å². The lowest BCUT2D eigenvalue weighted by Crippen LogP contribution is -2.11. The number of benzene rings is 3. The summed E-state index contributed by atoms with van der Waals surface area (Å²) < 4.78 is 31.8. The van der Waals surface area contributed by atoms with Gasteiger partial charge in [-0.25, -0.2) is 19.2 Å². The van der Waals surface area contributed by atoms with Crippen molar-refractivity contribution in [1.82, 2.24) is 0 Å². The number of hydrogen-bond acceptors (Lipinski definition) is 10. The van der Waals surface area contributed by atoms with Gasteiger partial charge in [0.05, 0.1) is 49.2 Å². The molecule has 230 valence electrons. The molecular formula is C34H34O10. The van der Waals surface area contributed by atoms with Crippen LogP contribution >= 0.6 is 0 Å². The van der Waals surface area contributed by atoms with E-state index in [4.69, 9.17) is 28.4 Å². The summed E-state index contributed by atoms with van der Waals surface area (Å²) in [5, 5.41) is 0. The Morgan fingerprint density at radius 2 is 1.09 bits per heavy atom. The maximum atomic E-state index is 12.6. The van der Waals surface area contributed by atoms with Gasteiger partial charge in [-0.05, 0) is 105 Å². The SMILES string of the molecule is C=CC(=O)OCCCCOc1ccc(C(=O)Oc2ccc(C(=O)Oc3ccc(C(=O)OCCCCC4CO4)cc3)cc2)cc1. The molecule has 0 N–H and O–H groups in total. The van der Waals surface area contributed by atoms with Gasteiger partial charge >= 0.3 is 23.9 Å². The highest BCUT2D eigenvalue weighted by molar-refractivity contribution is 5.93. The van der Waals surface area contributed by atoms with Crippen LogP contribution < -0.4 is 14.2 Å². The van der Waals surface area contributed by atoms with Gasteiger partial charge in [-0.1, -0.05) is 6.58 Å². The monoisotopic (exact) mass is 602 g/mol. The van der Waals surface area contributed by atoms with Crippen molar-refractivity contribution in [2.24, 2.45) is 0 Å². The second-order valence-electron chi connectivity index (χ2n) is 9.87. The fraction of sp³-hybridized carbons (Fsp3) is 0.294. The van der Waals surface area contributed by atoms with E-state index >= 15 is 0 Å². The molecule has 1 atom stereocenters. The minimum atomic E-state index is -0.605. The number of carbonyl (C=O) groups excluding carboxylic acids is 4. The van der Waals surface area contributed by atoms with Crippen molar-refractivity contribution in [1.29, 1.82) is 0 Å². The van der Waals surface area contributed by atoms with Gasteiger partial charge in [0.15, 0.2) is 0 Å². The van der Waals surface area contributed by atoms with E-state index in [9.17, 15) is 19.2 Å². The standard InChI is InChI=1S/C34H34O10/c1-2-31(35)40-21-6-5-20-39-27-14-8-25(9-15-27)33(37)44-29-18-12-26(13-19-29)34(38)43-28-16-10-24(11-17-28)32(36)41-22-4-3-7-30-23-42-30/h2,8-19,30H,1,3-7,20-23H2. The number of unbranched alkanes of at least 4 members (excludes halogenated alkanes) is 2. The maximum absolute atomic E-state index is 12.6. The quantitative estimate of drug-likeness (QED) is 0.0621. The number of epoxide rings is 1. The Labute approximate surface area is 255 Å². The summed E-state index contributed by atoms with van der Waals surface area (Å²) in [5.41, 5.74) is 0.947. The summed E-state index contributed by atoms with van der Waals surface area (Å²) in [6.45, 7) is 5.24. The smallest absolute Gasteiger partial charge is 0.343 e. The molecule has 3 aromatic carbocycles. The van der Waals surface area contributed by atoms with E-state index in [0.717, 1.165) is 31.9 Å². The van der Waals surface area contributed by atoms with Crippen LogP contribution in [-0.4, -0.2) is 56.4 Å². The van der Waals surface area contributed by atoms with Crippen LogP contribution in [0.1, 0.15) is 63.2 Å². The van der Waals surface area contributed by atoms with Crippen molar-refractivity contribution in [3.05, 3.63) is 102 Å². The normalized spacial score (nSPS) is 13.3. The highest BCUT2D eigenvalue weighted by Gasteiger charge is 2.21. The topological polar surface area (TPSA) is 127 Å². The van der Waals surface area contributed by atoms with E-state index in [1.54, 1.807) is 24.3 Å². The van der Waals surface area contributed by atoms with E-state index < -0.39 is 23.9 Å². The summed E-state index contributed by atoms with van der Waals surface area (Å²) >= 11 is 0. The lowest BCUT2D eigenvalue weighted by atomic mass is 10.2. The van der Waals surface area contributed by atoms with Gasteiger partial charge in [0.2, 0.25) is 0 Å². The molecule has 0 radical (unpaired) electrons. The Kier molecular flexibility index (Phi) is 12.1. The van der Waals surface area contributed by atoms with Crippen molar-refractivity contribution in [3.8, 4) is 17.2 Å². The Balaban J connectivity index is 1.16. The third-order valence-electron chi connectivity index (χ3n) is 6.47. The molecule has 0 bridgehead atoms. The van der Waals surface area contributed by atoms with E-state index in [-0.39, 0.29) is 17.1 Å². The summed E-state index contributed by atoms with van der Waals surface area (Å²) in [5.74, 6) is -0.938. The third-order valence-corrected chi connectivity index (χ3v) is 6.47. The molecule has 44 heavy (non-hydrogen) atoms. The molecule has 1 saturated heterocycles. The second-order valence-corrected chi connectivity index (χ2v) is 9.87. The Morgan fingerprint density at radius 1 is 0.636 bits per heavy atom. The molecule has 10 nitrogen and oxygen atoms in total. The van der Waals surface area contributed by atoms with Gasteiger partial charge in [-0.3, -0.25) is 0 Å². The molecule has 0 aromatic heterocycles. The van der Waals surface area contributed by atoms with Crippen molar-refractivity contribution < 1.29 is 47.6 Å². The zero-order valence-corrected chi connectivity index (χ0v) is 24.2. The van der Waals surface area contributed by atoms with Crippen molar-refractivity contribution >= 4 is 23.9 Å². The zero-order chi connectivity index (χ0) is 31.1. The van der Waals surface area contributed by atoms with E-state index in [0.29, 0.717) is 55.6 Å². The van der Waals surface area contributed by atoms with Gasteiger partial charge in [-0.15, -0.1) is 0 Å². The Bertz CT molecular complexity index is 1410. The molecule has 4 rings (SSSR count). The molecule has 1 aliphatic heterocycles. The number of hydrogen-bond donors (Lipinski definition) is 0. The lowest BCUT2D eigenvalue weighted by Gasteiger charge is -2.09. The fourth-order valence-electron chi connectivity index (χ4n) is 3.92. The Morgan fingerprint density at radius 3 is 1.61 bits per heavy atom. The number of esters is 4. The summed E-state index contributed by atoms with van der Waals surface area (Å²) in [7, 11) is 0. The van der Waals surface area contributed by atoms with E-state index in [2.05, 4.69) is 6.58 Å². The minimum Gasteiger partial charge on any atom is -0.494 e. The van der Waals surface area contributed by atoms with E-state index in [1.165, 1.54) is 48.5 Å². The van der Waals surface area contributed by atoms with Crippen LogP contribution in [0.3, 0.4) is 0 Å². The molecular weight excluding hydrogens is 568 g/mol. The largest absolute Gasteiger partial charge is 0.494 e. The maximum Gasteiger partial charge on any atom is 0.343 e. The van der Waals surface area contributed by atoms with Crippen LogP contribution in [0.4, 0.5) is 0 Å². The molecule has 1 unspecified atom stereocenters. The van der Waals surface area contributed by atoms with Crippen LogP contribution in [0.25, 0.3) is 0 Å². The molecule has 1 heterocycles. The summed E-state index contributed by atoms with van der Waals surface area (Å²) in [6.07, 6.45) is 5.56. The molecule has 1 aliphatic rings. The predicted molar refractivity (Wildman–Crippen MR) is 159 cm³/mol. The van der Waals surface area contributed by atoms with Crippen LogP contribution in [0.2, 0.25) is 0 Å². The first-order valence-corrected chi connectivity index (χ1v) is 14.4. The zero-order valence-electron chi connectivity index (χ0n) is 24.2. The first-order valence-electron chi connectivity index (χ1n) is 14.4. The van der Waals surface area contributed by atoms with Crippen LogP contribution in [-0.2, 0) is 19.0 Å². The van der Waals surface area contributed by atoms with Crippen molar-refractivity contribution in [2.75, 3.05) is 26.4 Å². The lowest BCUT2D eigenvalue weighted by molar-refractivity contribution is -0.137. The molecule has 0 spiro atoms. The molecule has 3 aromatic rings. The molecule has 0 saturated carbocycles. The van der Waals surface area contributed by atoms with Gasteiger partial charge in [0.1, 0.15) is 17.2 Å². The van der Waals surface area contributed by atoms with Crippen molar-refractivity contribution in [3.63, 3.8) is 0 Å². The number of rotatable bonds is 17. The highest BCUT2D eigenvalue weighted by atomic mass is 16.6. The van der Waals surface area contributed by atoms with E-state index in [1.807, 2.05) is 0 Å². The minimum absolute atomic E-state index is 0.255. The summed E-state index contributed by atoms with van der Waals surface area (Å²) in [6, 6.07) is 18.6. The van der Waals surface area contributed by atoms with Gasteiger partial charge in [0.25, 0.3) is 0 Å². The average molecular weight is 603 g/mol. The first kappa shape index (κ1) is 32.0. The average Bonchev–Trinajstić information content (AvgIpc) is 3.88. The molecule has 0 amide bonds. The first-order chi connectivity index (χ1) is 21.4. The predicted octanol–water partition coefficient (Wildman–Crippen LogP) is 5.74. The molecule has 1 fully saturated rings. The highest BCUT2D eigenvalue weighted by Crippen LogP contribution is 2.20. The third kappa shape index (κ3) is 10.7. The van der Waals surface area contributed by atoms with Gasteiger partial charge < -0.3 is 28.4 Å². The van der Waals surface area contributed by atoms with Gasteiger partial charge in [-0.2, -0.15) is 0 Å². The number of ether oxygens (including phenoxy) is 6. The second kappa shape index (κ2) is 16.6.